The fourth-order valence-electron chi connectivity index (χ4n) is 2.04. The van der Waals surface area contributed by atoms with Crippen LogP contribution in [0.3, 0.4) is 0 Å². The Hall–Kier alpha value is -0.160. The van der Waals surface area contributed by atoms with Crippen molar-refractivity contribution in [3.05, 3.63) is 35.8 Å². The fourth-order valence-corrected chi connectivity index (χ4v) is 3.54. The normalized spacial score (nSPS) is 15.5. The second-order valence-corrected chi connectivity index (χ2v) is 6.93. The van der Waals surface area contributed by atoms with Crippen molar-refractivity contribution < 1.29 is 0 Å². The number of thioether (sulfide) groups is 1. The van der Waals surface area contributed by atoms with E-state index < -0.39 is 0 Å². The number of nitrogens with two attached hydrogens (primary N) is 2. The minimum atomic E-state index is 0.338. The lowest BCUT2D eigenvalue weighted by atomic mass is 10.0. The van der Waals surface area contributed by atoms with E-state index in [1.807, 2.05) is 17.8 Å². The van der Waals surface area contributed by atoms with E-state index in [1.54, 1.807) is 6.08 Å². The van der Waals surface area contributed by atoms with Gasteiger partial charge in [-0.2, -0.15) is 11.8 Å². The number of hydrogen-bond acceptors (Lipinski definition) is 4. The first kappa shape index (κ1) is 19.8. The summed E-state index contributed by atoms with van der Waals surface area (Å²) in [5.41, 5.74) is 6.26. The Morgan fingerprint density at radius 3 is 2.60 bits per heavy atom. The van der Waals surface area contributed by atoms with E-state index in [0.717, 1.165) is 23.5 Å². The third-order valence-corrected chi connectivity index (χ3v) is 4.93. The number of allylic oxidation sites excluding steroid dienone is 4. The first-order valence-electron chi connectivity index (χ1n) is 7.42. The van der Waals surface area contributed by atoms with Gasteiger partial charge in [0.1, 0.15) is 0 Å². The van der Waals surface area contributed by atoms with Crippen molar-refractivity contribution in [1.29, 1.82) is 0 Å². The van der Waals surface area contributed by atoms with E-state index in [-0.39, 0.29) is 0 Å². The van der Waals surface area contributed by atoms with Gasteiger partial charge in [-0.25, -0.2) is 0 Å². The van der Waals surface area contributed by atoms with E-state index in [4.69, 9.17) is 10.9 Å². The minimum absolute atomic E-state index is 0.338. The highest BCUT2D eigenvalue weighted by Gasteiger charge is 2.15. The molecule has 116 valence electrons. The summed E-state index contributed by atoms with van der Waals surface area (Å²) in [5, 5.41) is 6.16. The van der Waals surface area contributed by atoms with Crippen LogP contribution >= 0.6 is 23.7 Å². The van der Waals surface area contributed by atoms with Crippen LogP contribution in [0.15, 0.2) is 35.8 Å². The molecule has 4 heteroatoms. The molecular formula is C16H30N2S2. The van der Waals surface area contributed by atoms with Gasteiger partial charge in [-0.3, -0.25) is 5.14 Å². The highest BCUT2D eigenvalue weighted by atomic mass is 32.2. The first-order chi connectivity index (χ1) is 9.69. The van der Waals surface area contributed by atoms with Gasteiger partial charge in [0.05, 0.1) is 0 Å². The standard InChI is InChI=1S/C16H30N2S2/c1-4-10-14(20-18)12-8-7-9-13-16(19-6-3)15(17)11-5-2/h4,8,10,12,15-16H,1,5-7,9,11,13,17-18H2,2-3H3/b12-8-,14-10+. The van der Waals surface area contributed by atoms with Crippen molar-refractivity contribution in [2.24, 2.45) is 10.9 Å². The average Bonchev–Trinajstić information content (AvgIpc) is 2.44. The number of hydrogen-bond donors (Lipinski definition) is 2. The molecule has 0 rings (SSSR count). The van der Waals surface area contributed by atoms with Crippen LogP contribution in [0.1, 0.15) is 46.0 Å². The summed E-state index contributed by atoms with van der Waals surface area (Å²) in [6.45, 7) is 8.09. The Morgan fingerprint density at radius 1 is 1.30 bits per heavy atom. The van der Waals surface area contributed by atoms with Crippen molar-refractivity contribution in [3.8, 4) is 0 Å². The van der Waals surface area contributed by atoms with Crippen LogP contribution in [0.2, 0.25) is 0 Å². The third-order valence-electron chi connectivity index (χ3n) is 3.04. The van der Waals surface area contributed by atoms with Gasteiger partial charge in [-0.05, 0) is 49.5 Å². The summed E-state index contributed by atoms with van der Waals surface area (Å²) in [6.07, 6.45) is 13.7. The Bertz CT molecular complexity index is 301. The molecule has 0 bridgehead atoms. The van der Waals surface area contributed by atoms with Crippen molar-refractivity contribution in [2.75, 3.05) is 5.75 Å². The summed E-state index contributed by atoms with van der Waals surface area (Å²) in [6, 6.07) is 0.338. The molecule has 0 heterocycles. The predicted octanol–water partition coefficient (Wildman–Crippen LogP) is 4.64. The van der Waals surface area contributed by atoms with Gasteiger partial charge in [0.2, 0.25) is 0 Å². The third kappa shape index (κ3) is 9.70. The van der Waals surface area contributed by atoms with Gasteiger partial charge in [-0.1, -0.05) is 45.1 Å². The van der Waals surface area contributed by atoms with E-state index in [1.165, 1.54) is 31.2 Å². The van der Waals surface area contributed by atoms with E-state index in [2.05, 4.69) is 32.6 Å². The Kier molecular flexibility index (Phi) is 13.7. The van der Waals surface area contributed by atoms with Crippen LogP contribution < -0.4 is 10.9 Å². The van der Waals surface area contributed by atoms with Crippen LogP contribution in [0.25, 0.3) is 0 Å². The SMILES string of the molecule is C=C/C=C(\C=C/CCCC(SCC)C(N)CCC)SN. The van der Waals surface area contributed by atoms with Gasteiger partial charge in [0, 0.05) is 16.2 Å². The van der Waals surface area contributed by atoms with Crippen LogP contribution in [0.4, 0.5) is 0 Å². The smallest absolute Gasteiger partial charge is 0.0222 e. The van der Waals surface area contributed by atoms with Crippen LogP contribution in [-0.4, -0.2) is 17.0 Å². The lowest BCUT2D eigenvalue weighted by molar-refractivity contribution is 0.542. The van der Waals surface area contributed by atoms with Crippen LogP contribution in [0, 0.1) is 0 Å². The average molecular weight is 315 g/mol. The van der Waals surface area contributed by atoms with Crippen molar-refractivity contribution in [1.82, 2.24) is 0 Å². The van der Waals surface area contributed by atoms with Gasteiger partial charge in [-0.15, -0.1) is 0 Å². The summed E-state index contributed by atoms with van der Waals surface area (Å²) < 4.78 is 0. The van der Waals surface area contributed by atoms with Crippen molar-refractivity contribution >= 4 is 23.7 Å². The molecule has 0 radical (unpaired) electrons. The molecule has 2 nitrogen and oxygen atoms in total. The van der Waals surface area contributed by atoms with Gasteiger partial charge >= 0.3 is 0 Å². The zero-order valence-electron chi connectivity index (χ0n) is 12.9. The topological polar surface area (TPSA) is 52.0 Å². The molecule has 2 atom stereocenters. The molecule has 0 aromatic rings. The Balaban J connectivity index is 4.08. The molecule has 0 spiro atoms. The molecule has 0 fully saturated rings. The maximum Gasteiger partial charge on any atom is 0.0222 e. The monoisotopic (exact) mass is 314 g/mol. The molecule has 0 saturated carbocycles. The quantitative estimate of drug-likeness (QED) is 0.313. The van der Waals surface area contributed by atoms with Gasteiger partial charge in [0.25, 0.3) is 0 Å². The highest BCUT2D eigenvalue weighted by molar-refractivity contribution is 8.01. The molecule has 0 saturated heterocycles. The Labute approximate surface area is 133 Å². The maximum atomic E-state index is 6.26. The molecule has 0 aromatic heterocycles. The molecule has 0 aliphatic rings. The minimum Gasteiger partial charge on any atom is -0.327 e. The van der Waals surface area contributed by atoms with E-state index in [0.29, 0.717) is 11.3 Å². The number of rotatable bonds is 12. The summed E-state index contributed by atoms with van der Waals surface area (Å²) >= 11 is 3.26. The maximum absolute atomic E-state index is 6.26. The molecule has 2 unspecified atom stereocenters. The molecule has 0 amide bonds. The fraction of sp³-hybridized carbons (Fsp3) is 0.625. The zero-order chi connectivity index (χ0) is 15.2. The summed E-state index contributed by atoms with van der Waals surface area (Å²) in [5.74, 6) is 1.15. The molecule has 0 aliphatic heterocycles. The van der Waals surface area contributed by atoms with Gasteiger partial charge in [0.15, 0.2) is 0 Å². The van der Waals surface area contributed by atoms with E-state index >= 15 is 0 Å². The summed E-state index contributed by atoms with van der Waals surface area (Å²) in [4.78, 5) is 1.04. The second-order valence-electron chi connectivity index (χ2n) is 4.70. The second kappa shape index (κ2) is 13.8. The molecule has 0 aliphatic carbocycles. The predicted molar refractivity (Wildman–Crippen MR) is 97.9 cm³/mol. The lowest BCUT2D eigenvalue weighted by Gasteiger charge is -2.22. The molecule has 0 aromatic carbocycles. The first-order valence-corrected chi connectivity index (χ1v) is 9.35. The van der Waals surface area contributed by atoms with Crippen molar-refractivity contribution in [3.63, 3.8) is 0 Å². The summed E-state index contributed by atoms with van der Waals surface area (Å²) in [7, 11) is 0. The Morgan fingerprint density at radius 2 is 2.05 bits per heavy atom. The zero-order valence-corrected chi connectivity index (χ0v) is 14.5. The molecule has 4 N–H and O–H groups in total. The van der Waals surface area contributed by atoms with Crippen molar-refractivity contribution in [2.45, 2.75) is 57.2 Å². The highest BCUT2D eigenvalue weighted by Crippen LogP contribution is 2.22. The molecule has 20 heavy (non-hydrogen) atoms. The van der Waals surface area contributed by atoms with Crippen LogP contribution in [0.5, 0.6) is 0 Å². The molecular weight excluding hydrogens is 284 g/mol. The van der Waals surface area contributed by atoms with E-state index in [9.17, 15) is 0 Å². The largest absolute Gasteiger partial charge is 0.327 e. The number of unbranched alkanes of at least 4 members (excludes halogenated alkanes) is 1. The lowest BCUT2D eigenvalue weighted by Crippen LogP contribution is -2.32. The van der Waals surface area contributed by atoms with Crippen LogP contribution in [-0.2, 0) is 0 Å². The van der Waals surface area contributed by atoms with Gasteiger partial charge < -0.3 is 5.73 Å².